The number of methoxy groups -OCH3 is 1. The van der Waals surface area contributed by atoms with E-state index < -0.39 is 0 Å². The summed E-state index contributed by atoms with van der Waals surface area (Å²) in [6.45, 7) is 5.67. The summed E-state index contributed by atoms with van der Waals surface area (Å²) in [4.78, 5) is 17.7. The van der Waals surface area contributed by atoms with Gasteiger partial charge in [0.15, 0.2) is 0 Å². The third kappa shape index (κ3) is 4.70. The standard InChI is InChI=1S/C27H33N3O2/c1-5-30-17-25(26(18-30)32-4)28-27(31)24-15-14-21(22-8-6-7-9-23(22)24)20-12-10-19(11-13-20)16-29(2)3/h6-15,25-26H,5,16-18H2,1-4H3,(H,28,31)/t25-,26-/m0/s1. The van der Waals surface area contributed by atoms with Crippen LogP contribution in [0.15, 0.2) is 60.7 Å². The van der Waals surface area contributed by atoms with E-state index in [1.54, 1.807) is 7.11 Å². The van der Waals surface area contributed by atoms with Crippen LogP contribution in [0, 0.1) is 0 Å². The van der Waals surface area contributed by atoms with Gasteiger partial charge in [0.1, 0.15) is 0 Å². The molecule has 1 amide bonds. The second kappa shape index (κ2) is 9.82. The van der Waals surface area contributed by atoms with Crippen molar-refractivity contribution in [3.8, 4) is 11.1 Å². The van der Waals surface area contributed by atoms with E-state index in [1.807, 2.05) is 24.3 Å². The average molecular weight is 432 g/mol. The zero-order valence-corrected chi connectivity index (χ0v) is 19.5. The Labute approximate surface area is 191 Å². The molecule has 0 bridgehead atoms. The zero-order valence-electron chi connectivity index (χ0n) is 19.5. The number of carbonyl (C=O) groups is 1. The molecule has 0 aliphatic carbocycles. The van der Waals surface area contributed by atoms with E-state index in [2.05, 4.69) is 72.5 Å². The number of rotatable bonds is 7. The molecule has 0 unspecified atom stereocenters. The minimum absolute atomic E-state index is 0.00451. The molecule has 168 valence electrons. The molecule has 1 heterocycles. The summed E-state index contributed by atoms with van der Waals surface area (Å²) in [6.07, 6.45) is 0.0186. The van der Waals surface area contributed by atoms with Gasteiger partial charge in [-0.2, -0.15) is 0 Å². The van der Waals surface area contributed by atoms with Crippen LogP contribution < -0.4 is 5.32 Å². The van der Waals surface area contributed by atoms with E-state index in [9.17, 15) is 4.79 Å². The summed E-state index contributed by atoms with van der Waals surface area (Å²) in [5.74, 6) is -0.0425. The van der Waals surface area contributed by atoms with Gasteiger partial charge in [0.05, 0.1) is 12.1 Å². The molecule has 0 saturated carbocycles. The second-order valence-corrected chi connectivity index (χ2v) is 8.85. The van der Waals surface area contributed by atoms with Crippen LogP contribution >= 0.6 is 0 Å². The first kappa shape index (κ1) is 22.5. The molecule has 1 fully saturated rings. The smallest absolute Gasteiger partial charge is 0.252 e. The minimum Gasteiger partial charge on any atom is -0.378 e. The molecule has 32 heavy (non-hydrogen) atoms. The van der Waals surface area contributed by atoms with Gasteiger partial charge in [-0.1, -0.05) is 61.5 Å². The number of nitrogens with zero attached hydrogens (tertiary/aromatic N) is 2. The van der Waals surface area contributed by atoms with Crippen molar-refractivity contribution >= 4 is 16.7 Å². The van der Waals surface area contributed by atoms with Crippen LogP contribution in [0.25, 0.3) is 21.9 Å². The number of benzene rings is 3. The number of amides is 1. The predicted octanol–water partition coefficient (Wildman–Crippen LogP) is 4.02. The number of fused-ring (bicyclic) bond motifs is 1. The molecule has 1 aliphatic heterocycles. The van der Waals surface area contributed by atoms with Gasteiger partial charge >= 0.3 is 0 Å². The first-order chi connectivity index (χ1) is 15.5. The quantitative estimate of drug-likeness (QED) is 0.614. The Hall–Kier alpha value is -2.73. The Morgan fingerprint density at radius 1 is 1.03 bits per heavy atom. The summed E-state index contributed by atoms with van der Waals surface area (Å²) in [6, 6.07) is 20.9. The van der Waals surface area contributed by atoms with Crippen molar-refractivity contribution in [3.63, 3.8) is 0 Å². The van der Waals surface area contributed by atoms with Crippen molar-refractivity contribution in [1.29, 1.82) is 0 Å². The highest BCUT2D eigenvalue weighted by Gasteiger charge is 2.33. The van der Waals surface area contributed by atoms with Crippen molar-refractivity contribution < 1.29 is 9.53 Å². The first-order valence-electron chi connectivity index (χ1n) is 11.3. The number of ether oxygens (including phenoxy) is 1. The Morgan fingerprint density at radius 2 is 1.75 bits per heavy atom. The summed E-state index contributed by atoms with van der Waals surface area (Å²) in [5, 5.41) is 5.29. The topological polar surface area (TPSA) is 44.8 Å². The van der Waals surface area contributed by atoms with E-state index in [0.717, 1.165) is 48.1 Å². The van der Waals surface area contributed by atoms with Crippen LogP contribution in [-0.2, 0) is 11.3 Å². The maximum absolute atomic E-state index is 13.3. The summed E-state index contributed by atoms with van der Waals surface area (Å²) in [5.41, 5.74) is 4.29. The third-order valence-electron chi connectivity index (χ3n) is 6.34. The molecule has 5 heteroatoms. The van der Waals surface area contributed by atoms with Crippen LogP contribution in [0.3, 0.4) is 0 Å². The largest absolute Gasteiger partial charge is 0.378 e. The highest BCUT2D eigenvalue weighted by atomic mass is 16.5. The second-order valence-electron chi connectivity index (χ2n) is 8.85. The molecule has 3 aromatic carbocycles. The van der Waals surface area contributed by atoms with E-state index in [1.165, 1.54) is 5.56 Å². The van der Waals surface area contributed by atoms with Crippen LogP contribution in [0.5, 0.6) is 0 Å². The molecule has 0 radical (unpaired) electrons. The van der Waals surface area contributed by atoms with Gasteiger partial charge in [-0.05, 0) is 54.2 Å². The molecule has 0 aromatic heterocycles. The van der Waals surface area contributed by atoms with Crippen molar-refractivity contribution in [3.05, 3.63) is 71.8 Å². The number of carbonyl (C=O) groups excluding carboxylic acids is 1. The molecule has 1 aliphatic rings. The van der Waals surface area contributed by atoms with Gasteiger partial charge < -0.3 is 15.0 Å². The summed E-state index contributed by atoms with van der Waals surface area (Å²) >= 11 is 0. The number of likely N-dealkylation sites (tertiary alicyclic amines) is 1. The lowest BCUT2D eigenvalue weighted by Gasteiger charge is -2.19. The number of nitrogens with one attached hydrogen (secondary N) is 1. The summed E-state index contributed by atoms with van der Waals surface area (Å²) < 4.78 is 5.63. The molecule has 1 N–H and O–H groups in total. The van der Waals surface area contributed by atoms with Gasteiger partial charge in [-0.3, -0.25) is 9.69 Å². The fourth-order valence-corrected chi connectivity index (χ4v) is 4.64. The molecular formula is C27H33N3O2. The number of hydrogen-bond acceptors (Lipinski definition) is 4. The van der Waals surface area contributed by atoms with Crippen molar-refractivity contribution in [2.24, 2.45) is 0 Å². The molecule has 0 spiro atoms. The first-order valence-corrected chi connectivity index (χ1v) is 11.3. The molecule has 4 rings (SSSR count). The Kier molecular flexibility index (Phi) is 6.89. The maximum Gasteiger partial charge on any atom is 0.252 e. The highest BCUT2D eigenvalue weighted by Crippen LogP contribution is 2.31. The molecular weight excluding hydrogens is 398 g/mol. The van der Waals surface area contributed by atoms with Crippen molar-refractivity contribution in [1.82, 2.24) is 15.1 Å². The monoisotopic (exact) mass is 431 g/mol. The van der Waals surface area contributed by atoms with Crippen molar-refractivity contribution in [2.45, 2.75) is 25.6 Å². The lowest BCUT2D eigenvalue weighted by Crippen LogP contribution is -2.43. The third-order valence-corrected chi connectivity index (χ3v) is 6.34. The lowest BCUT2D eigenvalue weighted by atomic mass is 9.94. The van der Waals surface area contributed by atoms with Gasteiger partial charge in [0.2, 0.25) is 0 Å². The Balaban J connectivity index is 1.63. The van der Waals surface area contributed by atoms with E-state index in [-0.39, 0.29) is 18.1 Å². The Bertz CT molecular complexity index is 1080. The molecule has 1 saturated heterocycles. The fraction of sp³-hybridized carbons (Fsp3) is 0.370. The van der Waals surface area contributed by atoms with E-state index in [0.29, 0.717) is 5.56 Å². The van der Waals surface area contributed by atoms with Gasteiger partial charge in [0, 0.05) is 32.3 Å². The average Bonchev–Trinajstić information content (AvgIpc) is 3.20. The predicted molar refractivity (Wildman–Crippen MR) is 131 cm³/mol. The van der Waals surface area contributed by atoms with Gasteiger partial charge in [-0.25, -0.2) is 0 Å². The van der Waals surface area contributed by atoms with E-state index in [4.69, 9.17) is 4.74 Å². The molecule has 3 aromatic rings. The van der Waals surface area contributed by atoms with Crippen LogP contribution in [0.4, 0.5) is 0 Å². The normalized spacial score (nSPS) is 19.0. The molecule has 5 nitrogen and oxygen atoms in total. The van der Waals surface area contributed by atoms with Gasteiger partial charge in [-0.15, -0.1) is 0 Å². The fourth-order valence-electron chi connectivity index (χ4n) is 4.64. The highest BCUT2D eigenvalue weighted by molar-refractivity contribution is 6.11. The number of hydrogen-bond donors (Lipinski definition) is 1. The molecule has 2 atom stereocenters. The van der Waals surface area contributed by atoms with Crippen LogP contribution in [-0.4, -0.2) is 68.7 Å². The maximum atomic E-state index is 13.3. The lowest BCUT2D eigenvalue weighted by molar-refractivity contribution is 0.0763. The minimum atomic E-state index is -0.0425. The van der Waals surface area contributed by atoms with Crippen LogP contribution in [0.1, 0.15) is 22.8 Å². The van der Waals surface area contributed by atoms with E-state index >= 15 is 0 Å². The SMILES string of the molecule is CCN1C[C@H](NC(=O)c2ccc(-c3ccc(CN(C)C)cc3)c3ccccc23)[C@@H](OC)C1. The number of likely N-dealkylation sites (N-methyl/N-ethyl adjacent to an activating group) is 1. The summed E-state index contributed by atoms with van der Waals surface area (Å²) in [7, 11) is 5.87. The van der Waals surface area contributed by atoms with Crippen LogP contribution in [0.2, 0.25) is 0 Å². The van der Waals surface area contributed by atoms with Gasteiger partial charge in [0.25, 0.3) is 5.91 Å². The zero-order chi connectivity index (χ0) is 22.7. The Morgan fingerprint density at radius 3 is 2.41 bits per heavy atom. The van der Waals surface area contributed by atoms with Crippen molar-refractivity contribution in [2.75, 3.05) is 40.8 Å².